The molecule has 7 nitrogen and oxygen atoms in total. The topological polar surface area (TPSA) is 69.1 Å². The Hall–Kier alpha value is -2.45. The first-order chi connectivity index (χ1) is 13.9. The molecule has 0 unspecified atom stereocenters. The lowest BCUT2D eigenvalue weighted by Crippen LogP contribution is -2.39. The van der Waals surface area contributed by atoms with Crippen LogP contribution in [0.15, 0.2) is 46.3 Å². The molecular formula is C21H25N5O2S. The maximum Gasteiger partial charge on any atom is 0.267 e. The van der Waals surface area contributed by atoms with E-state index in [2.05, 4.69) is 19.8 Å². The first kappa shape index (κ1) is 18.6. The molecule has 8 heteroatoms. The Balaban J connectivity index is 1.58. The van der Waals surface area contributed by atoms with Gasteiger partial charge in [-0.1, -0.05) is 6.07 Å². The number of rotatable bonds is 2. The molecule has 0 saturated carbocycles. The van der Waals surface area contributed by atoms with E-state index in [-0.39, 0.29) is 4.90 Å². The van der Waals surface area contributed by atoms with Gasteiger partial charge in [-0.2, -0.15) is 0 Å². The minimum Gasteiger partial charge on any atom is -0.367 e. The zero-order valence-electron chi connectivity index (χ0n) is 16.7. The van der Waals surface area contributed by atoms with Crippen LogP contribution < -0.4 is 4.90 Å². The summed E-state index contributed by atoms with van der Waals surface area (Å²) in [6.07, 6.45) is 2.26. The minimum atomic E-state index is -3.69. The largest absolute Gasteiger partial charge is 0.367 e. The first-order valence-electron chi connectivity index (χ1n) is 10.1. The molecule has 0 spiro atoms. The molecule has 0 aliphatic carbocycles. The van der Waals surface area contributed by atoms with Gasteiger partial charge in [-0.15, -0.1) is 0 Å². The molecule has 5 heterocycles. The SMILES string of the molecule is Cc1cccc(C2=Nc3ccc(N4CCN5CCC4CC5)cc3S(=O)(=O)N2C)n1. The highest BCUT2D eigenvalue weighted by molar-refractivity contribution is 7.90. The molecule has 3 saturated heterocycles. The van der Waals surface area contributed by atoms with E-state index in [4.69, 9.17) is 0 Å². The monoisotopic (exact) mass is 411 g/mol. The summed E-state index contributed by atoms with van der Waals surface area (Å²) in [5, 5.41) is 0. The number of fused-ring (bicyclic) bond motifs is 5. The number of anilines is 1. The van der Waals surface area contributed by atoms with Crippen LogP contribution in [0.4, 0.5) is 11.4 Å². The Bertz CT molecular complexity index is 1090. The molecule has 3 fully saturated rings. The second kappa shape index (κ2) is 6.81. The summed E-state index contributed by atoms with van der Waals surface area (Å²) in [5.74, 6) is 0.357. The van der Waals surface area contributed by atoms with Crippen molar-refractivity contribution in [3.05, 3.63) is 47.8 Å². The number of hydrogen-bond donors (Lipinski definition) is 0. The molecule has 0 amide bonds. The van der Waals surface area contributed by atoms with Gasteiger partial charge in [0.1, 0.15) is 10.6 Å². The number of aromatic nitrogens is 1. The predicted molar refractivity (Wildman–Crippen MR) is 113 cm³/mol. The lowest BCUT2D eigenvalue weighted by molar-refractivity contribution is 0.250. The number of hydrogen-bond acceptors (Lipinski definition) is 6. The van der Waals surface area contributed by atoms with Gasteiger partial charge in [0.2, 0.25) is 0 Å². The molecular weight excluding hydrogens is 386 g/mol. The molecule has 0 radical (unpaired) electrons. The first-order valence-corrected chi connectivity index (χ1v) is 11.5. The van der Waals surface area contributed by atoms with E-state index in [9.17, 15) is 8.42 Å². The molecule has 2 aromatic rings. The van der Waals surface area contributed by atoms with Gasteiger partial charge >= 0.3 is 0 Å². The molecule has 1 aromatic heterocycles. The van der Waals surface area contributed by atoms with E-state index in [1.165, 1.54) is 4.31 Å². The molecule has 4 aliphatic heterocycles. The van der Waals surface area contributed by atoms with Gasteiger partial charge in [-0.3, -0.25) is 4.31 Å². The Morgan fingerprint density at radius 2 is 1.83 bits per heavy atom. The molecule has 1 aromatic carbocycles. The van der Waals surface area contributed by atoms with Crippen molar-refractivity contribution in [2.24, 2.45) is 4.99 Å². The molecule has 4 aliphatic rings. The van der Waals surface area contributed by atoms with Crippen LogP contribution in [0, 0.1) is 6.92 Å². The standard InChI is InChI=1S/C21H25N5O2S/c1-15-4-3-5-19(22-15)21-23-18-7-6-17(14-20(18)29(27,28)24(21)2)26-13-12-25-10-8-16(26)9-11-25/h3-7,14,16H,8-13H2,1-2H3. The van der Waals surface area contributed by atoms with Gasteiger partial charge in [0.15, 0.2) is 5.84 Å². The van der Waals surface area contributed by atoms with Gasteiger partial charge in [-0.05, 0) is 50.1 Å². The fourth-order valence-electron chi connectivity index (χ4n) is 4.54. The third-order valence-electron chi connectivity index (χ3n) is 6.21. The highest BCUT2D eigenvalue weighted by Crippen LogP contribution is 2.37. The van der Waals surface area contributed by atoms with Gasteiger partial charge < -0.3 is 9.80 Å². The van der Waals surface area contributed by atoms with E-state index in [1.807, 2.05) is 31.2 Å². The summed E-state index contributed by atoms with van der Waals surface area (Å²) in [7, 11) is -2.14. The van der Waals surface area contributed by atoms with Crippen molar-refractivity contribution >= 4 is 27.2 Å². The number of aliphatic imine (C=N–C) groups is 1. The summed E-state index contributed by atoms with van der Waals surface area (Å²) in [5.41, 5.74) is 2.84. The lowest BCUT2D eigenvalue weighted by atomic mass is 10.0. The predicted octanol–water partition coefficient (Wildman–Crippen LogP) is 2.39. The number of benzene rings is 1. The maximum absolute atomic E-state index is 13.3. The Morgan fingerprint density at radius 1 is 1.03 bits per heavy atom. The van der Waals surface area contributed by atoms with Crippen molar-refractivity contribution in [3.63, 3.8) is 0 Å². The highest BCUT2D eigenvalue weighted by atomic mass is 32.2. The Labute approximate surface area is 171 Å². The van der Waals surface area contributed by atoms with Crippen molar-refractivity contribution in [2.45, 2.75) is 30.7 Å². The third-order valence-corrected chi connectivity index (χ3v) is 7.99. The van der Waals surface area contributed by atoms with E-state index in [0.717, 1.165) is 50.4 Å². The van der Waals surface area contributed by atoms with Crippen LogP contribution >= 0.6 is 0 Å². The summed E-state index contributed by atoms with van der Waals surface area (Å²) in [4.78, 5) is 14.3. The normalized spacial score (nSPS) is 25.4. The molecule has 29 heavy (non-hydrogen) atoms. The average molecular weight is 412 g/mol. The number of amidine groups is 1. The molecule has 152 valence electrons. The zero-order chi connectivity index (χ0) is 20.2. The van der Waals surface area contributed by atoms with Crippen LogP contribution in [-0.2, 0) is 10.0 Å². The fraction of sp³-hybridized carbons (Fsp3) is 0.429. The Kier molecular flexibility index (Phi) is 4.36. The molecule has 2 bridgehead atoms. The minimum absolute atomic E-state index is 0.271. The van der Waals surface area contributed by atoms with Crippen molar-refractivity contribution in [1.82, 2.24) is 14.2 Å². The Morgan fingerprint density at radius 3 is 2.59 bits per heavy atom. The summed E-state index contributed by atoms with van der Waals surface area (Å²) >= 11 is 0. The maximum atomic E-state index is 13.3. The second-order valence-electron chi connectivity index (χ2n) is 7.99. The molecule has 0 atom stereocenters. The smallest absolute Gasteiger partial charge is 0.267 e. The van der Waals surface area contributed by atoms with Crippen LogP contribution in [0.2, 0.25) is 0 Å². The van der Waals surface area contributed by atoms with Gasteiger partial charge in [0.05, 0.1) is 5.69 Å². The van der Waals surface area contributed by atoms with E-state index >= 15 is 0 Å². The average Bonchev–Trinajstić information content (AvgIpc) is 3.05. The number of piperidine rings is 1. The van der Waals surface area contributed by atoms with E-state index in [0.29, 0.717) is 23.3 Å². The molecule has 0 N–H and O–H groups in total. The third kappa shape index (κ3) is 3.11. The number of aryl methyl sites for hydroxylation is 1. The number of sulfonamides is 1. The van der Waals surface area contributed by atoms with Crippen molar-refractivity contribution < 1.29 is 8.42 Å². The number of pyridine rings is 1. The van der Waals surface area contributed by atoms with Crippen LogP contribution in [0.5, 0.6) is 0 Å². The summed E-state index contributed by atoms with van der Waals surface area (Å²) < 4.78 is 27.9. The number of nitrogens with zero attached hydrogens (tertiary/aromatic N) is 5. The highest BCUT2D eigenvalue weighted by Gasteiger charge is 2.35. The lowest BCUT2D eigenvalue weighted by Gasteiger charge is -2.34. The summed E-state index contributed by atoms with van der Waals surface area (Å²) in [6, 6.07) is 11.7. The summed E-state index contributed by atoms with van der Waals surface area (Å²) in [6.45, 7) is 6.10. The van der Waals surface area contributed by atoms with Crippen LogP contribution in [-0.4, -0.2) is 67.7 Å². The van der Waals surface area contributed by atoms with Crippen molar-refractivity contribution in [1.29, 1.82) is 0 Å². The van der Waals surface area contributed by atoms with Gasteiger partial charge in [-0.25, -0.2) is 18.4 Å². The quantitative estimate of drug-likeness (QED) is 0.759. The van der Waals surface area contributed by atoms with Crippen molar-refractivity contribution in [2.75, 3.05) is 38.1 Å². The van der Waals surface area contributed by atoms with Gasteiger partial charge in [0, 0.05) is 50.6 Å². The molecule has 6 rings (SSSR count). The zero-order valence-corrected chi connectivity index (χ0v) is 17.6. The van der Waals surface area contributed by atoms with Crippen LogP contribution in [0.3, 0.4) is 0 Å². The van der Waals surface area contributed by atoms with Gasteiger partial charge in [0.25, 0.3) is 10.0 Å². The van der Waals surface area contributed by atoms with Crippen LogP contribution in [0.25, 0.3) is 0 Å². The van der Waals surface area contributed by atoms with E-state index < -0.39 is 10.0 Å². The van der Waals surface area contributed by atoms with Crippen molar-refractivity contribution in [3.8, 4) is 0 Å². The second-order valence-corrected chi connectivity index (χ2v) is 9.93. The van der Waals surface area contributed by atoms with Crippen LogP contribution in [0.1, 0.15) is 24.2 Å². The van der Waals surface area contributed by atoms with E-state index in [1.54, 1.807) is 19.2 Å². The fourth-order valence-corrected chi connectivity index (χ4v) is 5.84.